The van der Waals surface area contributed by atoms with Crippen molar-refractivity contribution in [3.05, 3.63) is 58.0 Å². The summed E-state index contributed by atoms with van der Waals surface area (Å²) in [6.45, 7) is 5.52. The molecule has 0 saturated heterocycles. The molecule has 1 N–H and O–H groups in total. The molecule has 0 radical (unpaired) electrons. The van der Waals surface area contributed by atoms with E-state index >= 15 is 4.39 Å². The molecule has 2 heterocycles. The van der Waals surface area contributed by atoms with Gasteiger partial charge in [0, 0.05) is 28.1 Å². The van der Waals surface area contributed by atoms with Gasteiger partial charge < -0.3 is 9.26 Å². The van der Waals surface area contributed by atoms with Gasteiger partial charge in [-0.05, 0) is 69.0 Å². The highest BCUT2D eigenvalue weighted by atomic mass is 35.5. The summed E-state index contributed by atoms with van der Waals surface area (Å²) in [5, 5.41) is 3.99. The molecule has 2 aromatic carbocycles. The van der Waals surface area contributed by atoms with Crippen molar-refractivity contribution in [3.63, 3.8) is 0 Å². The average molecular weight is 617 g/mol. The van der Waals surface area contributed by atoms with E-state index in [2.05, 4.69) is 16.8 Å². The number of aryl methyl sites for hydroxylation is 1. The van der Waals surface area contributed by atoms with Crippen LogP contribution in [0.15, 0.2) is 44.7 Å². The lowest BCUT2D eigenvalue weighted by Crippen LogP contribution is -2.40. The lowest BCUT2D eigenvalue weighted by Gasteiger charge is -2.23. The fraction of sp³-hybridized carbons (Fsp3) is 0.433. The largest absolute Gasteiger partial charge is 0.497 e. The highest BCUT2D eigenvalue weighted by Crippen LogP contribution is 2.41. The molecule has 5 rings (SSSR count). The molecule has 1 aliphatic carbocycles. The Hall–Kier alpha value is -3.44. The van der Waals surface area contributed by atoms with E-state index in [1.165, 1.54) is 37.4 Å². The first-order valence-corrected chi connectivity index (χ1v) is 15.9. The van der Waals surface area contributed by atoms with E-state index in [-0.39, 0.29) is 39.4 Å². The molecule has 1 fully saturated rings. The monoisotopic (exact) mass is 616 g/mol. The van der Waals surface area contributed by atoms with Gasteiger partial charge in [0.1, 0.15) is 22.9 Å². The third-order valence-electron chi connectivity index (χ3n) is 8.10. The molecule has 0 atom stereocenters. The second-order valence-corrected chi connectivity index (χ2v) is 12.9. The van der Waals surface area contributed by atoms with Crippen LogP contribution in [0.2, 0.25) is 5.02 Å². The SMILES string of the molecule is CCCCC1=NC2(CCCC2)C(=O)N1Cc1cc(F)c(-c2cc(OC)ccc2S(=O)(=O)Nc2onc(C)c2C)cc1Cl. The van der Waals surface area contributed by atoms with Gasteiger partial charge in [-0.15, -0.1) is 0 Å². The number of ether oxygens (including phenoxy) is 1. The van der Waals surface area contributed by atoms with Crippen molar-refractivity contribution in [2.24, 2.45) is 4.99 Å². The number of unbranched alkanes of at least 4 members (excludes halogenated alkanes) is 1. The number of carbonyl (C=O) groups excluding carboxylic acids is 1. The number of nitrogens with zero attached hydrogens (tertiary/aromatic N) is 3. The number of rotatable bonds is 10. The van der Waals surface area contributed by atoms with Crippen LogP contribution in [0.4, 0.5) is 10.3 Å². The van der Waals surface area contributed by atoms with Crippen LogP contribution in [0.3, 0.4) is 0 Å². The maximum Gasteiger partial charge on any atom is 0.264 e. The molecule has 1 amide bonds. The number of methoxy groups -OCH3 is 1. The number of aromatic nitrogens is 1. The van der Waals surface area contributed by atoms with E-state index in [1.807, 2.05) is 0 Å². The number of carbonyl (C=O) groups is 1. The summed E-state index contributed by atoms with van der Waals surface area (Å²) in [4.78, 5) is 19.9. The van der Waals surface area contributed by atoms with Crippen molar-refractivity contribution in [2.45, 2.75) is 82.7 Å². The molecular formula is C30H34ClFN4O5S. The molecule has 42 heavy (non-hydrogen) atoms. The number of hydrogen-bond acceptors (Lipinski definition) is 7. The van der Waals surface area contributed by atoms with Gasteiger partial charge in [0.2, 0.25) is 5.88 Å². The van der Waals surface area contributed by atoms with E-state index in [1.54, 1.807) is 18.7 Å². The molecule has 1 saturated carbocycles. The zero-order valence-corrected chi connectivity index (χ0v) is 25.7. The maximum absolute atomic E-state index is 15.9. The number of benzene rings is 2. The van der Waals surface area contributed by atoms with Crippen LogP contribution in [0.25, 0.3) is 11.1 Å². The van der Waals surface area contributed by atoms with E-state index in [9.17, 15) is 13.2 Å². The predicted octanol–water partition coefficient (Wildman–Crippen LogP) is 6.80. The van der Waals surface area contributed by atoms with Crippen LogP contribution in [0.1, 0.15) is 68.7 Å². The summed E-state index contributed by atoms with van der Waals surface area (Å²) in [7, 11) is -2.81. The number of aliphatic imine (C=N–C) groups is 1. The van der Waals surface area contributed by atoms with Crippen LogP contribution in [0.5, 0.6) is 5.75 Å². The summed E-state index contributed by atoms with van der Waals surface area (Å²) in [5.74, 6) is 0.266. The van der Waals surface area contributed by atoms with Crippen LogP contribution in [-0.2, 0) is 21.4 Å². The minimum atomic E-state index is -4.24. The first-order chi connectivity index (χ1) is 20.0. The van der Waals surface area contributed by atoms with Crippen LogP contribution in [-0.4, -0.2) is 42.9 Å². The number of anilines is 1. The van der Waals surface area contributed by atoms with Crippen molar-refractivity contribution >= 4 is 39.3 Å². The second-order valence-electron chi connectivity index (χ2n) is 10.9. The van der Waals surface area contributed by atoms with Gasteiger partial charge in [0.15, 0.2) is 0 Å². The average Bonchev–Trinajstić information content (AvgIpc) is 3.64. The normalized spacial score (nSPS) is 16.4. The van der Waals surface area contributed by atoms with Crippen molar-refractivity contribution in [3.8, 4) is 16.9 Å². The Morgan fingerprint density at radius 1 is 1.17 bits per heavy atom. The maximum atomic E-state index is 15.9. The first kappa shape index (κ1) is 30.0. The molecule has 224 valence electrons. The predicted molar refractivity (Wildman–Crippen MR) is 159 cm³/mol. The van der Waals surface area contributed by atoms with Gasteiger partial charge in [0.05, 0.1) is 24.2 Å². The zero-order valence-electron chi connectivity index (χ0n) is 24.1. The molecule has 0 unspecified atom stereocenters. The van der Waals surface area contributed by atoms with Gasteiger partial charge in [-0.1, -0.05) is 42.9 Å². The molecule has 3 aromatic rings. The van der Waals surface area contributed by atoms with Gasteiger partial charge in [-0.2, -0.15) is 0 Å². The number of nitrogens with one attached hydrogen (secondary N) is 1. The summed E-state index contributed by atoms with van der Waals surface area (Å²) in [6.07, 6.45) is 5.82. The number of amides is 1. The molecule has 1 spiro atoms. The Bertz CT molecular complexity index is 1660. The highest BCUT2D eigenvalue weighted by Gasteiger charge is 2.49. The Morgan fingerprint density at radius 2 is 1.90 bits per heavy atom. The van der Waals surface area contributed by atoms with Gasteiger partial charge in [-0.25, -0.2) is 17.5 Å². The Morgan fingerprint density at radius 3 is 2.55 bits per heavy atom. The lowest BCUT2D eigenvalue weighted by atomic mass is 9.98. The smallest absolute Gasteiger partial charge is 0.264 e. The topological polar surface area (TPSA) is 114 Å². The van der Waals surface area contributed by atoms with Gasteiger partial charge in [0.25, 0.3) is 15.9 Å². The summed E-state index contributed by atoms with van der Waals surface area (Å²) < 4.78 is 55.7. The van der Waals surface area contributed by atoms with Crippen molar-refractivity contribution < 1.29 is 26.9 Å². The summed E-state index contributed by atoms with van der Waals surface area (Å²) in [6, 6.07) is 6.88. The molecule has 12 heteroatoms. The van der Waals surface area contributed by atoms with E-state index in [0.717, 1.165) is 31.5 Å². The number of sulfonamides is 1. The molecule has 1 aliphatic heterocycles. The van der Waals surface area contributed by atoms with Crippen molar-refractivity contribution in [2.75, 3.05) is 11.8 Å². The van der Waals surface area contributed by atoms with Gasteiger partial charge in [-0.3, -0.25) is 14.7 Å². The Kier molecular flexibility index (Phi) is 8.35. The summed E-state index contributed by atoms with van der Waals surface area (Å²) in [5.41, 5.74) is 0.774. The van der Waals surface area contributed by atoms with Crippen molar-refractivity contribution in [1.82, 2.24) is 10.1 Å². The van der Waals surface area contributed by atoms with Crippen LogP contribution < -0.4 is 9.46 Å². The van der Waals surface area contributed by atoms with E-state index in [4.69, 9.17) is 25.9 Å². The van der Waals surface area contributed by atoms with E-state index in [0.29, 0.717) is 41.8 Å². The molecule has 1 aromatic heterocycles. The highest BCUT2D eigenvalue weighted by molar-refractivity contribution is 7.92. The fourth-order valence-corrected chi connectivity index (χ4v) is 7.03. The Balaban J connectivity index is 1.51. The number of hydrogen-bond donors (Lipinski definition) is 1. The fourth-order valence-electron chi connectivity index (χ4n) is 5.55. The standard InChI is InChI=1S/C30H34ClFN4O5S/c1-5-6-9-27-33-30(12-7-8-13-30)29(37)36(27)17-20-14-25(32)22(16-24(20)31)23-15-21(40-4)10-11-26(23)42(38,39)35-28-18(2)19(3)34-41-28/h10-11,14-16,35H,5-9,12-13,17H2,1-4H3. The van der Waals surface area contributed by atoms with Crippen LogP contribution >= 0.6 is 11.6 Å². The summed E-state index contributed by atoms with van der Waals surface area (Å²) >= 11 is 6.71. The van der Waals surface area contributed by atoms with Gasteiger partial charge >= 0.3 is 0 Å². The molecule has 2 aliphatic rings. The molecule has 0 bridgehead atoms. The quantitative estimate of drug-likeness (QED) is 0.268. The van der Waals surface area contributed by atoms with Crippen LogP contribution in [0, 0.1) is 19.7 Å². The van der Waals surface area contributed by atoms with Crippen molar-refractivity contribution in [1.29, 1.82) is 0 Å². The second kappa shape index (κ2) is 11.7. The number of amidine groups is 1. The molecular weight excluding hydrogens is 583 g/mol. The lowest BCUT2D eigenvalue weighted by molar-refractivity contribution is -0.131. The first-order valence-electron chi connectivity index (χ1n) is 14.0. The third kappa shape index (κ3) is 5.51. The Labute approximate surface area is 250 Å². The minimum Gasteiger partial charge on any atom is -0.497 e. The third-order valence-corrected chi connectivity index (χ3v) is 9.84. The minimum absolute atomic E-state index is 0.0287. The molecule has 9 nitrogen and oxygen atoms in total. The zero-order chi connectivity index (χ0) is 30.2. The number of halogens is 2. The van der Waals surface area contributed by atoms with E-state index < -0.39 is 21.4 Å².